The van der Waals surface area contributed by atoms with Gasteiger partial charge in [-0.15, -0.1) is 0 Å². The summed E-state index contributed by atoms with van der Waals surface area (Å²) in [7, 11) is 3.08. The fourth-order valence-electron chi connectivity index (χ4n) is 2.61. The zero-order valence-electron chi connectivity index (χ0n) is 15.0. The quantitative estimate of drug-likeness (QED) is 0.560. The molecule has 1 aliphatic rings. The second-order valence-electron chi connectivity index (χ2n) is 6.15. The lowest BCUT2D eigenvalue weighted by Gasteiger charge is -2.24. The molecule has 0 unspecified atom stereocenters. The highest BCUT2D eigenvalue weighted by molar-refractivity contribution is 8.26. The third kappa shape index (κ3) is 4.37. The van der Waals surface area contributed by atoms with Crippen molar-refractivity contribution in [3.63, 3.8) is 0 Å². The number of methoxy groups -OCH3 is 2. The van der Waals surface area contributed by atoms with Gasteiger partial charge in [0, 0.05) is 0 Å². The number of ether oxygens (including phenoxy) is 2. The first-order valence-electron chi connectivity index (χ1n) is 8.00. The highest BCUT2D eigenvalue weighted by atomic mass is 32.2. The Kier molecular flexibility index (Phi) is 6.66. The molecule has 0 bridgehead atoms. The van der Waals surface area contributed by atoms with Gasteiger partial charge in [0.05, 0.1) is 19.1 Å². The molecule has 1 heterocycles. The average molecular weight is 396 g/mol. The fourth-order valence-corrected chi connectivity index (χ4v) is 3.96. The fraction of sp³-hybridized carbons (Fsp3) is 0.389. The number of hydrogen-bond donors (Lipinski definition) is 1. The SMILES string of the molecule is COc1ccc(/C=C2\SC(=S)N([C@H](CC(C)C)C(=O)O)C2=O)cc1OC. The van der Waals surface area contributed by atoms with Crippen LogP contribution >= 0.6 is 24.0 Å². The second-order valence-corrected chi connectivity index (χ2v) is 7.83. The minimum Gasteiger partial charge on any atom is -0.493 e. The highest BCUT2D eigenvalue weighted by Gasteiger charge is 2.40. The molecule has 1 N–H and O–H groups in total. The van der Waals surface area contributed by atoms with Crippen LogP contribution in [0.2, 0.25) is 0 Å². The molecule has 140 valence electrons. The van der Waals surface area contributed by atoms with Crippen molar-refractivity contribution in [3.05, 3.63) is 28.7 Å². The Bertz CT molecular complexity index is 760. The third-order valence-corrected chi connectivity index (χ3v) is 5.15. The van der Waals surface area contributed by atoms with Crippen LogP contribution in [0.1, 0.15) is 25.8 Å². The summed E-state index contributed by atoms with van der Waals surface area (Å²) in [5.41, 5.74) is 0.735. The Hall–Kier alpha value is -2.06. The first-order chi connectivity index (χ1) is 12.3. The number of aliphatic carboxylic acids is 1. The molecule has 26 heavy (non-hydrogen) atoms. The Labute approximate surface area is 162 Å². The van der Waals surface area contributed by atoms with E-state index in [1.54, 1.807) is 31.4 Å². The van der Waals surface area contributed by atoms with Gasteiger partial charge in [-0.3, -0.25) is 9.69 Å². The van der Waals surface area contributed by atoms with Crippen LogP contribution in [0, 0.1) is 5.92 Å². The van der Waals surface area contributed by atoms with Crippen LogP contribution in [0.4, 0.5) is 0 Å². The van der Waals surface area contributed by atoms with Gasteiger partial charge in [-0.1, -0.05) is 43.9 Å². The van der Waals surface area contributed by atoms with Crippen molar-refractivity contribution in [2.24, 2.45) is 5.92 Å². The molecule has 8 heteroatoms. The van der Waals surface area contributed by atoms with E-state index in [1.807, 2.05) is 13.8 Å². The molecule has 0 aromatic heterocycles. The molecule has 0 saturated carbocycles. The minimum atomic E-state index is -1.05. The number of amides is 1. The van der Waals surface area contributed by atoms with Crippen molar-refractivity contribution >= 4 is 46.3 Å². The van der Waals surface area contributed by atoms with E-state index in [0.29, 0.717) is 22.8 Å². The molecule has 1 amide bonds. The maximum Gasteiger partial charge on any atom is 0.326 e. The predicted octanol–water partition coefficient (Wildman–Crippen LogP) is 3.40. The molecule has 0 spiro atoms. The van der Waals surface area contributed by atoms with Crippen LogP contribution in [0.3, 0.4) is 0 Å². The lowest BCUT2D eigenvalue weighted by Crippen LogP contribution is -2.44. The number of benzene rings is 1. The number of carbonyl (C=O) groups excluding carboxylic acids is 1. The number of carbonyl (C=O) groups is 2. The van der Waals surface area contributed by atoms with Crippen molar-refractivity contribution in [1.82, 2.24) is 4.90 Å². The molecule has 0 aliphatic carbocycles. The number of thiocarbonyl (C=S) groups is 1. The van der Waals surface area contributed by atoms with Crippen molar-refractivity contribution in [2.75, 3.05) is 14.2 Å². The topological polar surface area (TPSA) is 76.1 Å². The molecular formula is C18H21NO5S2. The summed E-state index contributed by atoms with van der Waals surface area (Å²) in [6, 6.07) is 4.31. The molecule has 1 aromatic rings. The Morgan fingerprint density at radius 3 is 2.50 bits per heavy atom. The summed E-state index contributed by atoms with van der Waals surface area (Å²) < 4.78 is 10.7. The first kappa shape index (κ1) is 20.3. The van der Waals surface area contributed by atoms with Crippen LogP contribution in [-0.2, 0) is 9.59 Å². The van der Waals surface area contributed by atoms with E-state index in [-0.39, 0.29) is 16.1 Å². The van der Waals surface area contributed by atoms with Gasteiger partial charge in [-0.25, -0.2) is 4.79 Å². The van der Waals surface area contributed by atoms with Crippen LogP contribution in [0.15, 0.2) is 23.1 Å². The third-order valence-electron chi connectivity index (χ3n) is 3.82. The van der Waals surface area contributed by atoms with E-state index in [2.05, 4.69) is 0 Å². The number of rotatable bonds is 7. The van der Waals surface area contributed by atoms with Gasteiger partial charge in [0.2, 0.25) is 0 Å². The van der Waals surface area contributed by atoms with Gasteiger partial charge in [0.1, 0.15) is 10.4 Å². The molecule has 6 nitrogen and oxygen atoms in total. The van der Waals surface area contributed by atoms with Gasteiger partial charge >= 0.3 is 5.97 Å². The highest BCUT2D eigenvalue weighted by Crippen LogP contribution is 2.36. The van der Waals surface area contributed by atoms with E-state index >= 15 is 0 Å². The molecule has 1 aliphatic heterocycles. The Morgan fingerprint density at radius 1 is 1.31 bits per heavy atom. The summed E-state index contributed by atoms with van der Waals surface area (Å²) in [4.78, 5) is 26.0. The summed E-state index contributed by atoms with van der Waals surface area (Å²) in [6.07, 6.45) is 2.01. The first-order valence-corrected chi connectivity index (χ1v) is 9.22. The average Bonchev–Trinajstić information content (AvgIpc) is 2.86. The summed E-state index contributed by atoms with van der Waals surface area (Å²) in [5, 5.41) is 9.51. The second kappa shape index (κ2) is 8.55. The van der Waals surface area contributed by atoms with Crippen molar-refractivity contribution in [1.29, 1.82) is 0 Å². The zero-order chi connectivity index (χ0) is 19.4. The predicted molar refractivity (Wildman–Crippen MR) is 105 cm³/mol. The number of hydrogen-bond acceptors (Lipinski definition) is 6. The normalized spacial score (nSPS) is 17.1. The van der Waals surface area contributed by atoms with Gasteiger partial charge in [-0.05, 0) is 36.1 Å². The van der Waals surface area contributed by atoms with Crippen LogP contribution < -0.4 is 9.47 Å². The van der Waals surface area contributed by atoms with Gasteiger partial charge in [0.25, 0.3) is 5.91 Å². The molecular weight excluding hydrogens is 374 g/mol. The number of carboxylic acids is 1. The van der Waals surface area contributed by atoms with Crippen LogP contribution in [-0.4, -0.2) is 46.5 Å². The van der Waals surface area contributed by atoms with E-state index in [9.17, 15) is 14.7 Å². The van der Waals surface area contributed by atoms with Crippen molar-refractivity contribution < 1.29 is 24.2 Å². The summed E-state index contributed by atoms with van der Waals surface area (Å²) in [6.45, 7) is 3.82. The summed E-state index contributed by atoms with van der Waals surface area (Å²) in [5.74, 6) is -0.194. The zero-order valence-corrected chi connectivity index (χ0v) is 16.6. The van der Waals surface area contributed by atoms with Gasteiger partial charge < -0.3 is 14.6 Å². The number of nitrogens with zero attached hydrogens (tertiary/aromatic N) is 1. The molecule has 1 atom stereocenters. The lowest BCUT2D eigenvalue weighted by molar-refractivity contribution is -0.145. The molecule has 1 saturated heterocycles. The largest absolute Gasteiger partial charge is 0.493 e. The Morgan fingerprint density at radius 2 is 1.96 bits per heavy atom. The van der Waals surface area contributed by atoms with Crippen LogP contribution in [0.5, 0.6) is 11.5 Å². The molecule has 2 rings (SSSR count). The van der Waals surface area contributed by atoms with Gasteiger partial charge in [0.15, 0.2) is 11.5 Å². The monoisotopic (exact) mass is 395 g/mol. The summed E-state index contributed by atoms with van der Waals surface area (Å²) >= 11 is 6.37. The lowest BCUT2D eigenvalue weighted by atomic mass is 10.0. The minimum absolute atomic E-state index is 0.121. The van der Waals surface area contributed by atoms with E-state index in [0.717, 1.165) is 17.3 Å². The van der Waals surface area contributed by atoms with E-state index < -0.39 is 12.0 Å². The van der Waals surface area contributed by atoms with E-state index in [1.165, 1.54) is 12.0 Å². The van der Waals surface area contributed by atoms with Crippen molar-refractivity contribution in [3.8, 4) is 11.5 Å². The standard InChI is InChI=1S/C18H21NO5S2/c1-10(2)7-12(17(21)22)19-16(20)15(26-18(19)25)9-11-5-6-13(23-3)14(8-11)24-4/h5-6,8-10,12H,7H2,1-4H3,(H,21,22)/b15-9-/t12-/m1/s1. The van der Waals surface area contributed by atoms with Gasteiger partial charge in [-0.2, -0.15) is 0 Å². The number of thioether (sulfide) groups is 1. The number of carboxylic acid groups (broad SMARTS) is 1. The molecule has 0 radical (unpaired) electrons. The molecule has 1 aromatic carbocycles. The van der Waals surface area contributed by atoms with Crippen molar-refractivity contribution in [2.45, 2.75) is 26.3 Å². The maximum absolute atomic E-state index is 12.8. The maximum atomic E-state index is 12.8. The Balaban J connectivity index is 2.32. The smallest absolute Gasteiger partial charge is 0.326 e. The van der Waals surface area contributed by atoms with E-state index in [4.69, 9.17) is 21.7 Å². The van der Waals surface area contributed by atoms with Crippen LogP contribution in [0.25, 0.3) is 6.08 Å². The molecule has 1 fully saturated rings.